The first-order chi connectivity index (χ1) is 7.57. The molecule has 0 aliphatic rings. The van der Waals surface area contributed by atoms with Crippen LogP contribution in [0.4, 0.5) is 0 Å². The Hall–Kier alpha value is -0.260. The fraction of sp³-hybridized carbons (Fsp3) is 0.917. The summed E-state index contributed by atoms with van der Waals surface area (Å²) in [5.41, 5.74) is -1.01. The lowest BCUT2D eigenvalue weighted by molar-refractivity contribution is -0.124. The predicted molar refractivity (Wildman–Crippen MR) is 74.4 cm³/mol. The molecule has 0 spiro atoms. The van der Waals surface area contributed by atoms with Crippen molar-refractivity contribution < 1.29 is 9.90 Å². The number of thioether (sulfide) groups is 1. The summed E-state index contributed by atoms with van der Waals surface area (Å²) in [5.74, 6) is 0.602. The van der Waals surface area contributed by atoms with Crippen molar-refractivity contribution in [2.75, 3.05) is 18.6 Å². The summed E-state index contributed by atoms with van der Waals surface area (Å²) >= 11 is 1.59. The molecule has 4 nitrogen and oxygen atoms in total. The van der Waals surface area contributed by atoms with Crippen LogP contribution in [-0.2, 0) is 4.79 Å². The molecule has 2 unspecified atom stereocenters. The number of nitrogens with one attached hydrogen (secondary N) is 2. The molecule has 0 aromatic rings. The van der Waals surface area contributed by atoms with Crippen LogP contribution in [0.5, 0.6) is 0 Å². The van der Waals surface area contributed by atoms with E-state index in [0.29, 0.717) is 12.3 Å². The average molecular weight is 262 g/mol. The van der Waals surface area contributed by atoms with Crippen LogP contribution >= 0.6 is 11.8 Å². The summed E-state index contributed by atoms with van der Waals surface area (Å²) < 4.78 is 0. The highest BCUT2D eigenvalue weighted by atomic mass is 32.2. The number of aliphatic hydroxyl groups is 1. The summed E-state index contributed by atoms with van der Waals surface area (Å²) in [7, 11) is 0. The largest absolute Gasteiger partial charge is 0.388 e. The van der Waals surface area contributed by atoms with Gasteiger partial charge in [-0.05, 0) is 40.9 Å². The van der Waals surface area contributed by atoms with Crippen molar-refractivity contribution in [1.82, 2.24) is 10.6 Å². The van der Waals surface area contributed by atoms with Gasteiger partial charge >= 0.3 is 0 Å². The molecule has 0 rings (SSSR count). The Morgan fingerprint density at radius 1 is 1.35 bits per heavy atom. The molecule has 0 radical (unpaired) electrons. The number of rotatable bonds is 6. The minimum atomic E-state index is -0.782. The Balaban J connectivity index is 4.10. The zero-order chi connectivity index (χ0) is 13.7. The van der Waals surface area contributed by atoms with Gasteiger partial charge in [0.05, 0.1) is 11.6 Å². The Morgan fingerprint density at radius 2 is 1.88 bits per heavy atom. The summed E-state index contributed by atoms with van der Waals surface area (Å²) in [6, 6.07) is -0.303. The van der Waals surface area contributed by atoms with Crippen molar-refractivity contribution in [3.05, 3.63) is 0 Å². The van der Waals surface area contributed by atoms with Gasteiger partial charge in [0.25, 0.3) is 0 Å². The fourth-order valence-electron chi connectivity index (χ4n) is 1.31. The van der Waals surface area contributed by atoms with Crippen molar-refractivity contribution in [3.8, 4) is 0 Å². The molecule has 0 saturated carbocycles. The quantitative estimate of drug-likeness (QED) is 0.668. The molecule has 2 atom stereocenters. The number of carbonyl (C=O) groups is 1. The molecule has 0 aromatic heterocycles. The maximum atomic E-state index is 11.8. The number of hydrogen-bond acceptors (Lipinski definition) is 4. The Labute approximate surface area is 109 Å². The monoisotopic (exact) mass is 262 g/mol. The van der Waals surface area contributed by atoms with Crippen LogP contribution in [0.15, 0.2) is 0 Å². The van der Waals surface area contributed by atoms with E-state index in [2.05, 4.69) is 10.6 Å². The van der Waals surface area contributed by atoms with Crippen molar-refractivity contribution in [1.29, 1.82) is 0 Å². The third-order valence-corrected chi connectivity index (χ3v) is 3.05. The Morgan fingerprint density at radius 3 is 2.29 bits per heavy atom. The van der Waals surface area contributed by atoms with Gasteiger partial charge in [-0.1, -0.05) is 0 Å². The van der Waals surface area contributed by atoms with Crippen molar-refractivity contribution >= 4 is 17.7 Å². The lowest BCUT2D eigenvalue weighted by atomic mass is 10.1. The van der Waals surface area contributed by atoms with Crippen LogP contribution in [0, 0.1) is 0 Å². The van der Waals surface area contributed by atoms with E-state index in [9.17, 15) is 9.90 Å². The summed E-state index contributed by atoms with van der Waals surface area (Å²) in [4.78, 5) is 11.8. The van der Waals surface area contributed by atoms with E-state index >= 15 is 0 Å². The molecule has 102 valence electrons. The topological polar surface area (TPSA) is 61.4 Å². The molecule has 3 N–H and O–H groups in total. The Kier molecular flexibility index (Phi) is 6.51. The molecule has 0 aliphatic carbocycles. The molecular formula is C12H26N2O2S. The molecule has 17 heavy (non-hydrogen) atoms. The van der Waals surface area contributed by atoms with E-state index in [1.54, 1.807) is 25.6 Å². The summed E-state index contributed by atoms with van der Waals surface area (Å²) in [5, 5.41) is 15.9. The van der Waals surface area contributed by atoms with Crippen LogP contribution in [0.3, 0.4) is 0 Å². The maximum absolute atomic E-state index is 11.8. The normalized spacial score (nSPS) is 17.4. The highest BCUT2D eigenvalue weighted by Gasteiger charge is 2.23. The zero-order valence-electron chi connectivity index (χ0n) is 11.8. The number of amides is 1. The molecular weight excluding hydrogens is 236 g/mol. The standard InChI is InChI=1S/C12H26N2O2S/c1-9(10(15)14-11(2,3)4)13-7-12(5,16)8-17-6/h9,13,16H,7-8H2,1-6H3,(H,14,15). The van der Waals surface area contributed by atoms with Crippen LogP contribution in [0.25, 0.3) is 0 Å². The molecule has 0 aliphatic heterocycles. The van der Waals surface area contributed by atoms with Gasteiger partial charge in [0.15, 0.2) is 0 Å². The highest BCUT2D eigenvalue weighted by Crippen LogP contribution is 2.09. The third-order valence-electron chi connectivity index (χ3n) is 2.14. The first-order valence-electron chi connectivity index (χ1n) is 5.84. The number of carbonyl (C=O) groups excluding carboxylic acids is 1. The summed E-state index contributed by atoms with van der Waals surface area (Å²) in [6.07, 6.45) is 1.95. The van der Waals surface area contributed by atoms with E-state index in [-0.39, 0.29) is 17.5 Å². The predicted octanol–water partition coefficient (Wildman–Crippen LogP) is 0.993. The lowest BCUT2D eigenvalue weighted by Gasteiger charge is -2.27. The van der Waals surface area contributed by atoms with Gasteiger partial charge in [-0.25, -0.2) is 0 Å². The maximum Gasteiger partial charge on any atom is 0.237 e. The van der Waals surface area contributed by atoms with Gasteiger partial charge in [0.2, 0.25) is 5.91 Å². The molecule has 0 saturated heterocycles. The second kappa shape index (κ2) is 6.61. The SMILES string of the molecule is CSCC(C)(O)CNC(C)C(=O)NC(C)(C)C. The van der Waals surface area contributed by atoms with E-state index in [1.807, 2.05) is 27.0 Å². The lowest BCUT2D eigenvalue weighted by Crippen LogP contribution is -2.52. The Bertz CT molecular complexity index is 249. The molecule has 0 fully saturated rings. The summed E-state index contributed by atoms with van der Waals surface area (Å²) in [6.45, 7) is 9.82. The molecule has 0 aromatic carbocycles. The third kappa shape index (κ3) is 8.46. The smallest absolute Gasteiger partial charge is 0.237 e. The number of hydrogen-bond donors (Lipinski definition) is 3. The first kappa shape index (κ1) is 16.7. The van der Waals surface area contributed by atoms with Gasteiger partial charge in [-0.15, -0.1) is 0 Å². The van der Waals surface area contributed by atoms with Gasteiger partial charge in [-0.3, -0.25) is 4.79 Å². The van der Waals surface area contributed by atoms with Gasteiger partial charge in [0, 0.05) is 17.8 Å². The van der Waals surface area contributed by atoms with Crippen LogP contribution in [-0.4, -0.2) is 46.7 Å². The van der Waals surface area contributed by atoms with Crippen LogP contribution in [0.1, 0.15) is 34.6 Å². The second-order valence-electron chi connectivity index (χ2n) is 5.77. The van der Waals surface area contributed by atoms with E-state index in [1.165, 1.54) is 0 Å². The molecule has 5 heteroatoms. The highest BCUT2D eigenvalue weighted by molar-refractivity contribution is 7.98. The van der Waals surface area contributed by atoms with Gasteiger partial charge in [-0.2, -0.15) is 11.8 Å². The molecule has 0 heterocycles. The van der Waals surface area contributed by atoms with Crippen molar-refractivity contribution in [3.63, 3.8) is 0 Å². The fourth-order valence-corrected chi connectivity index (χ4v) is 2.03. The first-order valence-corrected chi connectivity index (χ1v) is 7.23. The molecule has 0 bridgehead atoms. The van der Waals surface area contributed by atoms with E-state index in [0.717, 1.165) is 0 Å². The minimum absolute atomic E-state index is 0.0440. The van der Waals surface area contributed by atoms with Crippen LogP contribution < -0.4 is 10.6 Å². The zero-order valence-corrected chi connectivity index (χ0v) is 12.6. The average Bonchev–Trinajstić information content (AvgIpc) is 2.11. The minimum Gasteiger partial charge on any atom is -0.388 e. The van der Waals surface area contributed by atoms with E-state index in [4.69, 9.17) is 0 Å². The van der Waals surface area contributed by atoms with Gasteiger partial charge in [0.1, 0.15) is 0 Å². The van der Waals surface area contributed by atoms with E-state index < -0.39 is 5.60 Å². The van der Waals surface area contributed by atoms with Gasteiger partial charge < -0.3 is 15.7 Å². The van der Waals surface area contributed by atoms with Crippen LogP contribution in [0.2, 0.25) is 0 Å². The second-order valence-corrected chi connectivity index (χ2v) is 6.64. The van der Waals surface area contributed by atoms with Crippen molar-refractivity contribution in [2.24, 2.45) is 0 Å². The molecule has 1 amide bonds. The van der Waals surface area contributed by atoms with Crippen molar-refractivity contribution in [2.45, 2.75) is 51.8 Å².